The fraction of sp³-hybridized carbons (Fsp3) is 0.308. The van der Waals surface area contributed by atoms with Gasteiger partial charge >= 0.3 is 0 Å². The lowest BCUT2D eigenvalue weighted by atomic mass is 9.96. The summed E-state index contributed by atoms with van der Waals surface area (Å²) >= 11 is 0. The molecule has 0 N–H and O–H groups in total. The quantitative estimate of drug-likeness (QED) is 0.103. The third-order valence-corrected chi connectivity index (χ3v) is 15.0. The molecule has 7 heteroatoms. The fourth-order valence-electron chi connectivity index (χ4n) is 9.72. The van der Waals surface area contributed by atoms with Gasteiger partial charge in [-0.15, -0.1) is 0 Å². The van der Waals surface area contributed by atoms with E-state index in [0.717, 1.165) is 82.4 Å². The summed E-state index contributed by atoms with van der Waals surface area (Å²) in [6.45, 7) is 10.8. The SMILES string of the molecule is CCCCC(CC)Cn1c2ccccc2c2cc(-c3cc4c(cc3F)-c3cc(F)c(-c5ccc6c(c5)c5ccccc5n6CC(CC)CCCC)cc3S4(=O)=O)ccc21. The Morgan fingerprint density at radius 2 is 0.898 bits per heavy atom. The van der Waals surface area contributed by atoms with Crippen LogP contribution in [0.2, 0.25) is 0 Å². The molecule has 0 amide bonds. The van der Waals surface area contributed by atoms with Crippen LogP contribution in [0.15, 0.2) is 119 Å². The number of nitrogens with zero attached hydrogens (tertiary/aromatic N) is 2. The highest BCUT2D eigenvalue weighted by Gasteiger charge is 2.36. The van der Waals surface area contributed by atoms with Crippen molar-refractivity contribution in [3.05, 3.63) is 121 Å². The molecule has 0 radical (unpaired) electrons. The van der Waals surface area contributed by atoms with E-state index in [1.165, 1.54) is 49.9 Å². The molecule has 0 aliphatic carbocycles. The van der Waals surface area contributed by atoms with E-state index in [1.807, 2.05) is 48.5 Å². The van der Waals surface area contributed by atoms with Crippen molar-refractivity contribution in [2.75, 3.05) is 0 Å². The number of halogens is 2. The minimum absolute atomic E-state index is 0.00300. The minimum atomic E-state index is -4.10. The molecule has 6 aromatic carbocycles. The molecule has 2 atom stereocenters. The van der Waals surface area contributed by atoms with Crippen molar-refractivity contribution in [3.8, 4) is 33.4 Å². The Labute approximate surface area is 346 Å². The predicted molar refractivity (Wildman–Crippen MR) is 241 cm³/mol. The maximum Gasteiger partial charge on any atom is 0.207 e. The molecule has 8 aromatic rings. The zero-order chi connectivity index (χ0) is 41.0. The molecule has 59 heavy (non-hydrogen) atoms. The number of hydrogen-bond donors (Lipinski definition) is 0. The molecule has 2 unspecified atom stereocenters. The van der Waals surface area contributed by atoms with E-state index in [1.54, 1.807) is 0 Å². The summed E-state index contributed by atoms with van der Waals surface area (Å²) in [4.78, 5) is -0.00600. The number of benzene rings is 6. The zero-order valence-electron chi connectivity index (χ0n) is 34.5. The lowest BCUT2D eigenvalue weighted by molar-refractivity contribution is 0.401. The summed E-state index contributed by atoms with van der Waals surface area (Å²) in [5.41, 5.74) is 6.41. The number of aromatic nitrogens is 2. The second-order valence-electron chi connectivity index (χ2n) is 16.7. The lowest BCUT2D eigenvalue weighted by Crippen LogP contribution is -2.10. The Morgan fingerprint density at radius 3 is 1.31 bits per heavy atom. The van der Waals surface area contributed by atoms with Crippen molar-refractivity contribution in [2.45, 2.75) is 102 Å². The molecule has 4 nitrogen and oxygen atoms in total. The van der Waals surface area contributed by atoms with Gasteiger partial charge in [-0.25, -0.2) is 17.2 Å². The first-order valence-corrected chi connectivity index (χ1v) is 23.1. The van der Waals surface area contributed by atoms with E-state index >= 15 is 8.78 Å². The Balaban J connectivity index is 1.10. The van der Waals surface area contributed by atoms with E-state index < -0.39 is 21.5 Å². The average Bonchev–Trinajstić information content (AvgIpc) is 3.81. The van der Waals surface area contributed by atoms with Gasteiger partial charge in [-0.2, -0.15) is 0 Å². The number of fused-ring (bicyclic) bond motifs is 9. The maximum atomic E-state index is 16.3. The van der Waals surface area contributed by atoms with Crippen molar-refractivity contribution >= 4 is 53.4 Å². The van der Waals surface area contributed by atoms with E-state index in [0.29, 0.717) is 23.0 Å². The summed E-state index contributed by atoms with van der Waals surface area (Å²) in [7, 11) is -4.10. The topological polar surface area (TPSA) is 44.0 Å². The van der Waals surface area contributed by atoms with Gasteiger partial charge in [0.2, 0.25) is 9.84 Å². The highest BCUT2D eigenvalue weighted by atomic mass is 32.2. The van der Waals surface area contributed by atoms with Crippen molar-refractivity contribution in [1.29, 1.82) is 0 Å². The van der Waals surface area contributed by atoms with E-state index in [9.17, 15) is 8.42 Å². The molecule has 0 spiro atoms. The smallest absolute Gasteiger partial charge is 0.207 e. The monoisotopic (exact) mass is 806 g/mol. The molecule has 0 fully saturated rings. The van der Waals surface area contributed by atoms with Gasteiger partial charge in [0, 0.05) is 79.0 Å². The van der Waals surface area contributed by atoms with Gasteiger partial charge in [-0.05, 0) is 96.5 Å². The van der Waals surface area contributed by atoms with Crippen LogP contribution in [0.1, 0.15) is 79.1 Å². The first kappa shape index (κ1) is 39.2. The van der Waals surface area contributed by atoms with Crippen molar-refractivity contribution in [2.24, 2.45) is 11.8 Å². The third-order valence-electron chi connectivity index (χ3n) is 13.1. The Morgan fingerprint density at radius 1 is 0.492 bits per heavy atom. The Kier molecular flexibility index (Phi) is 10.4. The first-order valence-electron chi connectivity index (χ1n) is 21.6. The molecule has 2 aromatic heterocycles. The van der Waals surface area contributed by atoms with Crippen LogP contribution in [0.25, 0.3) is 77.0 Å². The summed E-state index contributed by atoms with van der Waals surface area (Å²) < 4.78 is 66.2. The minimum Gasteiger partial charge on any atom is -0.340 e. The van der Waals surface area contributed by atoms with Gasteiger partial charge < -0.3 is 9.13 Å². The summed E-state index contributed by atoms with van der Waals surface area (Å²) in [6, 6.07) is 33.9. The molecule has 0 saturated carbocycles. The van der Waals surface area contributed by atoms with E-state index in [2.05, 4.69) is 73.2 Å². The molecule has 302 valence electrons. The summed E-state index contributed by atoms with van der Waals surface area (Å²) in [6.07, 6.45) is 9.23. The highest BCUT2D eigenvalue weighted by molar-refractivity contribution is 7.92. The van der Waals surface area contributed by atoms with Gasteiger partial charge in [-0.1, -0.05) is 115 Å². The van der Waals surface area contributed by atoms with E-state index in [4.69, 9.17) is 0 Å². The first-order chi connectivity index (χ1) is 28.7. The lowest BCUT2D eigenvalue weighted by Gasteiger charge is -2.17. The second kappa shape index (κ2) is 15.7. The van der Waals surface area contributed by atoms with Crippen molar-refractivity contribution in [3.63, 3.8) is 0 Å². The van der Waals surface area contributed by atoms with Crippen molar-refractivity contribution < 1.29 is 17.2 Å². The van der Waals surface area contributed by atoms with Gasteiger partial charge in [0.1, 0.15) is 11.6 Å². The molecule has 0 saturated heterocycles. The largest absolute Gasteiger partial charge is 0.340 e. The molecule has 3 heterocycles. The molecule has 1 aliphatic rings. The zero-order valence-corrected chi connectivity index (χ0v) is 35.3. The summed E-state index contributed by atoms with van der Waals surface area (Å²) in [5, 5.41) is 4.17. The van der Waals surface area contributed by atoms with Gasteiger partial charge in [0.25, 0.3) is 0 Å². The summed E-state index contributed by atoms with van der Waals surface area (Å²) in [5.74, 6) is -0.00857. The van der Waals surface area contributed by atoms with Crippen LogP contribution < -0.4 is 0 Å². The number of hydrogen-bond acceptors (Lipinski definition) is 2. The molecular weight excluding hydrogens is 755 g/mol. The van der Waals surface area contributed by atoms with Crippen LogP contribution >= 0.6 is 0 Å². The molecular formula is C52H52F2N2O2S. The third kappa shape index (κ3) is 6.66. The number of sulfone groups is 1. The molecule has 0 bridgehead atoms. The fourth-order valence-corrected chi connectivity index (χ4v) is 11.4. The highest BCUT2D eigenvalue weighted by Crippen LogP contribution is 2.48. The molecule has 1 aliphatic heterocycles. The van der Waals surface area contributed by atoms with E-state index in [-0.39, 0.29) is 32.0 Å². The molecule has 9 rings (SSSR count). The van der Waals surface area contributed by atoms with Gasteiger partial charge in [0.15, 0.2) is 0 Å². The Bertz CT molecular complexity index is 2820. The standard InChI is InChI=1S/C52H52F2N2O2S/c1-5-9-15-33(7-3)31-55-47-19-13-11-17-37(47)41-25-35(21-23-49(41)55)39-29-51-43(27-45(39)53)44-28-46(54)40(30-52(44)59(51,57)58)36-22-24-50-42(26-36)38-18-12-14-20-48(38)56(50)32-34(8-4)16-10-6-2/h11-14,17-30,33-34H,5-10,15-16,31-32H2,1-4H3. The average molecular weight is 807 g/mol. The number of rotatable bonds is 14. The van der Waals surface area contributed by atoms with Crippen LogP contribution in [0.5, 0.6) is 0 Å². The number of para-hydroxylation sites is 2. The normalized spacial score (nSPS) is 14.4. The van der Waals surface area contributed by atoms with Crippen LogP contribution in [-0.4, -0.2) is 17.6 Å². The van der Waals surface area contributed by atoms with Crippen LogP contribution in [0.3, 0.4) is 0 Å². The van der Waals surface area contributed by atoms with Gasteiger partial charge in [0.05, 0.1) is 9.79 Å². The second-order valence-corrected chi connectivity index (χ2v) is 18.6. The maximum absolute atomic E-state index is 16.3. The number of unbranched alkanes of at least 4 members (excludes halogenated alkanes) is 2. The van der Waals surface area contributed by atoms with Gasteiger partial charge in [-0.3, -0.25) is 0 Å². The Hall–Kier alpha value is -5.27. The van der Waals surface area contributed by atoms with Crippen LogP contribution in [0.4, 0.5) is 8.78 Å². The van der Waals surface area contributed by atoms with Crippen LogP contribution in [0, 0.1) is 23.5 Å². The van der Waals surface area contributed by atoms with Crippen LogP contribution in [-0.2, 0) is 22.9 Å². The predicted octanol–water partition coefficient (Wildman–Crippen LogP) is 14.8. The van der Waals surface area contributed by atoms with Crippen molar-refractivity contribution in [1.82, 2.24) is 9.13 Å².